The van der Waals surface area contributed by atoms with Gasteiger partial charge in [-0.1, -0.05) is 12.8 Å². The van der Waals surface area contributed by atoms with Crippen molar-refractivity contribution in [2.45, 2.75) is 37.8 Å². The van der Waals surface area contributed by atoms with Crippen LogP contribution in [0.2, 0.25) is 0 Å². The number of fused-ring (bicyclic) bond motifs is 1. The second-order valence-electron chi connectivity index (χ2n) is 5.63. The van der Waals surface area contributed by atoms with Crippen molar-refractivity contribution < 1.29 is 18.7 Å². The normalized spacial score (nSPS) is 22.4. The minimum Gasteiger partial charge on any atom is -0.464 e. The number of nitrogens with zero attached hydrogens (tertiary/aromatic N) is 1. The standard InChI is InChI=1S/C16H18FNO3/c1-18(13-4-2-3-5-14(13)19)16(20)12-9-11(17)8-10-6-7-21-15(10)12/h6-9,13-14,19H,2-5H2,1H3/t13-,14-/m1/s1. The molecule has 21 heavy (non-hydrogen) atoms. The van der Waals surface area contributed by atoms with Gasteiger partial charge in [0, 0.05) is 12.4 Å². The van der Waals surface area contributed by atoms with Crippen LogP contribution in [0.3, 0.4) is 0 Å². The lowest BCUT2D eigenvalue weighted by Crippen LogP contribution is -2.46. The van der Waals surface area contributed by atoms with Crippen LogP contribution in [0.15, 0.2) is 28.9 Å². The van der Waals surface area contributed by atoms with Crippen LogP contribution in [-0.4, -0.2) is 35.1 Å². The third-order valence-electron chi connectivity index (χ3n) is 4.26. The van der Waals surface area contributed by atoms with Gasteiger partial charge in [-0.2, -0.15) is 0 Å². The SMILES string of the molecule is CN(C(=O)c1cc(F)cc2ccoc12)[C@@H]1CCCC[C@H]1O. The summed E-state index contributed by atoms with van der Waals surface area (Å²) in [5.74, 6) is -0.787. The van der Waals surface area contributed by atoms with Gasteiger partial charge in [0.1, 0.15) is 11.4 Å². The summed E-state index contributed by atoms with van der Waals surface area (Å²) in [6, 6.07) is 3.94. The van der Waals surface area contributed by atoms with E-state index in [4.69, 9.17) is 4.42 Å². The number of carbonyl (C=O) groups is 1. The first-order valence-corrected chi connectivity index (χ1v) is 7.20. The Kier molecular flexibility index (Phi) is 3.68. The topological polar surface area (TPSA) is 53.7 Å². The minimum atomic E-state index is -0.520. The lowest BCUT2D eigenvalue weighted by molar-refractivity contribution is 0.0268. The van der Waals surface area contributed by atoms with Gasteiger partial charge in [-0.05, 0) is 31.0 Å². The number of amides is 1. The van der Waals surface area contributed by atoms with Gasteiger partial charge in [0.05, 0.1) is 24.0 Å². The lowest BCUT2D eigenvalue weighted by Gasteiger charge is -2.35. The molecule has 1 aromatic heterocycles. The van der Waals surface area contributed by atoms with E-state index in [1.165, 1.54) is 23.3 Å². The smallest absolute Gasteiger partial charge is 0.257 e. The van der Waals surface area contributed by atoms with Crippen molar-refractivity contribution in [2.24, 2.45) is 0 Å². The summed E-state index contributed by atoms with van der Waals surface area (Å²) < 4.78 is 19.0. The molecule has 1 saturated carbocycles. The largest absolute Gasteiger partial charge is 0.464 e. The highest BCUT2D eigenvalue weighted by atomic mass is 19.1. The lowest BCUT2D eigenvalue weighted by atomic mass is 9.91. The average Bonchev–Trinajstić information content (AvgIpc) is 2.93. The van der Waals surface area contributed by atoms with Crippen LogP contribution >= 0.6 is 0 Å². The number of aliphatic hydroxyl groups is 1. The molecular formula is C16H18FNO3. The Morgan fingerprint density at radius 1 is 1.38 bits per heavy atom. The van der Waals surface area contributed by atoms with Crippen LogP contribution in [0.4, 0.5) is 4.39 Å². The van der Waals surface area contributed by atoms with E-state index in [1.807, 2.05) is 0 Å². The Labute approximate surface area is 122 Å². The second kappa shape index (κ2) is 5.48. The fourth-order valence-corrected chi connectivity index (χ4v) is 3.09. The average molecular weight is 291 g/mol. The molecular weight excluding hydrogens is 273 g/mol. The van der Waals surface area contributed by atoms with Crippen LogP contribution in [0, 0.1) is 5.82 Å². The van der Waals surface area contributed by atoms with Gasteiger partial charge >= 0.3 is 0 Å². The molecule has 4 nitrogen and oxygen atoms in total. The number of rotatable bonds is 2. The van der Waals surface area contributed by atoms with Crippen LogP contribution < -0.4 is 0 Å². The van der Waals surface area contributed by atoms with Crippen molar-refractivity contribution in [3.05, 3.63) is 35.8 Å². The molecule has 1 aliphatic carbocycles. The predicted octanol–water partition coefficient (Wildman–Crippen LogP) is 2.95. The molecule has 3 rings (SSSR count). The van der Waals surface area contributed by atoms with E-state index in [9.17, 15) is 14.3 Å². The predicted molar refractivity (Wildman–Crippen MR) is 76.5 cm³/mol. The number of carbonyl (C=O) groups excluding carboxylic acids is 1. The summed E-state index contributed by atoms with van der Waals surface area (Å²) in [7, 11) is 1.65. The number of hydrogen-bond acceptors (Lipinski definition) is 3. The fourth-order valence-electron chi connectivity index (χ4n) is 3.09. The third-order valence-corrected chi connectivity index (χ3v) is 4.26. The number of halogens is 1. The Morgan fingerprint density at radius 2 is 2.14 bits per heavy atom. The molecule has 1 amide bonds. The van der Waals surface area contributed by atoms with E-state index in [1.54, 1.807) is 13.1 Å². The van der Waals surface area contributed by atoms with Crippen molar-refractivity contribution in [3.8, 4) is 0 Å². The molecule has 0 unspecified atom stereocenters. The molecule has 1 N–H and O–H groups in total. The summed E-state index contributed by atoms with van der Waals surface area (Å²) in [5, 5.41) is 10.6. The molecule has 1 aromatic carbocycles. The van der Waals surface area contributed by atoms with E-state index in [0.29, 0.717) is 17.4 Å². The summed E-state index contributed by atoms with van der Waals surface area (Å²) in [4.78, 5) is 14.2. The molecule has 0 bridgehead atoms. The molecule has 0 spiro atoms. The monoisotopic (exact) mass is 291 g/mol. The first-order chi connectivity index (χ1) is 10.1. The van der Waals surface area contributed by atoms with Crippen molar-refractivity contribution >= 4 is 16.9 Å². The number of aliphatic hydroxyl groups excluding tert-OH is 1. The molecule has 112 valence electrons. The Morgan fingerprint density at radius 3 is 2.90 bits per heavy atom. The van der Waals surface area contributed by atoms with E-state index >= 15 is 0 Å². The van der Waals surface area contributed by atoms with E-state index in [-0.39, 0.29) is 17.5 Å². The quantitative estimate of drug-likeness (QED) is 0.925. The molecule has 0 saturated heterocycles. The second-order valence-corrected chi connectivity index (χ2v) is 5.63. The summed E-state index contributed by atoms with van der Waals surface area (Å²) in [5.41, 5.74) is 0.592. The molecule has 0 aliphatic heterocycles. The molecule has 0 radical (unpaired) electrons. The van der Waals surface area contributed by atoms with Gasteiger partial charge in [0.25, 0.3) is 5.91 Å². The fraction of sp³-hybridized carbons (Fsp3) is 0.438. The zero-order chi connectivity index (χ0) is 15.0. The Balaban J connectivity index is 1.94. The first-order valence-electron chi connectivity index (χ1n) is 7.20. The van der Waals surface area contributed by atoms with Gasteiger partial charge in [-0.15, -0.1) is 0 Å². The van der Waals surface area contributed by atoms with Gasteiger partial charge in [-0.3, -0.25) is 4.79 Å². The van der Waals surface area contributed by atoms with Crippen molar-refractivity contribution in [2.75, 3.05) is 7.05 Å². The maximum absolute atomic E-state index is 13.7. The Hall–Kier alpha value is -1.88. The van der Waals surface area contributed by atoms with Crippen molar-refractivity contribution in [1.82, 2.24) is 4.90 Å². The Bertz CT molecular complexity index is 667. The number of likely N-dealkylation sites (N-methyl/N-ethyl adjacent to an activating group) is 1. The summed E-state index contributed by atoms with van der Waals surface area (Å²) in [6.45, 7) is 0. The van der Waals surface area contributed by atoms with Crippen LogP contribution in [0.25, 0.3) is 11.0 Å². The van der Waals surface area contributed by atoms with E-state index in [2.05, 4.69) is 0 Å². The molecule has 1 heterocycles. The number of benzene rings is 1. The summed E-state index contributed by atoms with van der Waals surface area (Å²) in [6.07, 6.45) is 4.34. The van der Waals surface area contributed by atoms with Crippen LogP contribution in [0.5, 0.6) is 0 Å². The zero-order valence-corrected chi connectivity index (χ0v) is 11.9. The number of furan rings is 1. The maximum atomic E-state index is 13.7. The van der Waals surface area contributed by atoms with E-state index in [0.717, 1.165) is 19.3 Å². The molecule has 5 heteroatoms. The first kappa shape index (κ1) is 14.1. The van der Waals surface area contributed by atoms with Crippen molar-refractivity contribution in [3.63, 3.8) is 0 Å². The highest BCUT2D eigenvalue weighted by Gasteiger charge is 2.31. The van der Waals surface area contributed by atoms with Gasteiger partial charge in [-0.25, -0.2) is 4.39 Å². The van der Waals surface area contributed by atoms with Crippen LogP contribution in [0.1, 0.15) is 36.0 Å². The van der Waals surface area contributed by atoms with Gasteiger partial charge in [0.15, 0.2) is 0 Å². The minimum absolute atomic E-state index is 0.204. The van der Waals surface area contributed by atoms with E-state index < -0.39 is 11.9 Å². The third kappa shape index (κ3) is 2.53. The molecule has 2 atom stereocenters. The molecule has 1 aliphatic rings. The van der Waals surface area contributed by atoms with Gasteiger partial charge < -0.3 is 14.4 Å². The molecule has 1 fully saturated rings. The highest BCUT2D eigenvalue weighted by Crippen LogP contribution is 2.27. The summed E-state index contributed by atoms with van der Waals surface area (Å²) >= 11 is 0. The zero-order valence-electron chi connectivity index (χ0n) is 11.9. The number of hydrogen-bond donors (Lipinski definition) is 1. The van der Waals surface area contributed by atoms with Crippen LogP contribution in [-0.2, 0) is 0 Å². The highest BCUT2D eigenvalue weighted by molar-refractivity contribution is 6.04. The maximum Gasteiger partial charge on any atom is 0.257 e. The van der Waals surface area contributed by atoms with Gasteiger partial charge in [0.2, 0.25) is 0 Å². The molecule has 2 aromatic rings. The van der Waals surface area contributed by atoms with Crippen molar-refractivity contribution in [1.29, 1.82) is 0 Å².